The molecule has 0 aromatic heterocycles. The lowest BCUT2D eigenvalue weighted by atomic mass is 10.1. The van der Waals surface area contributed by atoms with Gasteiger partial charge in [-0.05, 0) is 61.1 Å². The van der Waals surface area contributed by atoms with Gasteiger partial charge in [-0.3, -0.25) is 4.79 Å². The molecule has 30 heavy (non-hydrogen) atoms. The lowest BCUT2D eigenvalue weighted by molar-refractivity contribution is 0.102. The number of anilines is 1. The number of amides is 2. The van der Waals surface area contributed by atoms with E-state index in [1.54, 1.807) is 17.0 Å². The SMILES string of the molecule is NS(=O)(=O)c1cccc(C(=O)Nc2ccc(C3CC3N(CC3CC3)C(=O)O)cc2)c1. The third-order valence-corrected chi connectivity index (χ3v) is 6.49. The molecule has 0 bridgehead atoms. The van der Waals surface area contributed by atoms with E-state index in [0.29, 0.717) is 18.2 Å². The summed E-state index contributed by atoms with van der Waals surface area (Å²) in [4.78, 5) is 25.4. The number of rotatable bonds is 7. The van der Waals surface area contributed by atoms with E-state index >= 15 is 0 Å². The van der Waals surface area contributed by atoms with Gasteiger partial charge in [-0.1, -0.05) is 18.2 Å². The summed E-state index contributed by atoms with van der Waals surface area (Å²) in [7, 11) is -3.89. The first kappa shape index (κ1) is 20.4. The molecule has 4 N–H and O–H groups in total. The third-order valence-electron chi connectivity index (χ3n) is 5.58. The Morgan fingerprint density at radius 1 is 1.13 bits per heavy atom. The zero-order chi connectivity index (χ0) is 21.5. The van der Waals surface area contributed by atoms with E-state index in [4.69, 9.17) is 5.14 Å². The molecule has 158 valence electrons. The Labute approximate surface area is 174 Å². The van der Waals surface area contributed by atoms with Crippen LogP contribution in [0.4, 0.5) is 10.5 Å². The van der Waals surface area contributed by atoms with E-state index in [-0.39, 0.29) is 22.4 Å². The molecule has 0 saturated heterocycles. The number of sulfonamides is 1. The van der Waals surface area contributed by atoms with Crippen LogP contribution in [0, 0.1) is 5.92 Å². The van der Waals surface area contributed by atoms with Crippen LogP contribution < -0.4 is 10.5 Å². The number of nitrogens with two attached hydrogens (primary N) is 1. The number of benzene rings is 2. The zero-order valence-electron chi connectivity index (χ0n) is 16.2. The second kappa shape index (κ2) is 7.73. The van der Waals surface area contributed by atoms with E-state index in [9.17, 15) is 23.1 Å². The Kier molecular flexibility index (Phi) is 5.25. The van der Waals surface area contributed by atoms with Gasteiger partial charge in [0.2, 0.25) is 10.0 Å². The van der Waals surface area contributed by atoms with Crippen LogP contribution in [0.2, 0.25) is 0 Å². The van der Waals surface area contributed by atoms with E-state index in [0.717, 1.165) is 24.8 Å². The van der Waals surface area contributed by atoms with Crippen LogP contribution in [0.15, 0.2) is 53.4 Å². The highest BCUT2D eigenvalue weighted by atomic mass is 32.2. The molecule has 0 spiro atoms. The highest BCUT2D eigenvalue weighted by Crippen LogP contribution is 2.46. The summed E-state index contributed by atoms with van der Waals surface area (Å²) >= 11 is 0. The van der Waals surface area contributed by atoms with E-state index in [1.165, 1.54) is 24.3 Å². The predicted molar refractivity (Wildman–Crippen MR) is 111 cm³/mol. The Morgan fingerprint density at radius 2 is 1.83 bits per heavy atom. The molecule has 0 aliphatic heterocycles. The molecular weight excluding hydrogens is 406 g/mol. The van der Waals surface area contributed by atoms with Crippen molar-refractivity contribution >= 4 is 27.7 Å². The maximum Gasteiger partial charge on any atom is 0.407 e. The van der Waals surface area contributed by atoms with Crippen molar-refractivity contribution in [3.8, 4) is 0 Å². The Balaban J connectivity index is 1.40. The first-order valence-electron chi connectivity index (χ1n) is 9.76. The fraction of sp³-hybridized carbons (Fsp3) is 0.333. The van der Waals surface area contributed by atoms with E-state index < -0.39 is 22.0 Å². The van der Waals surface area contributed by atoms with Crippen LogP contribution in [0.3, 0.4) is 0 Å². The summed E-state index contributed by atoms with van der Waals surface area (Å²) < 4.78 is 22.9. The van der Waals surface area contributed by atoms with Crippen LogP contribution in [0.5, 0.6) is 0 Å². The summed E-state index contributed by atoms with van der Waals surface area (Å²) in [6.07, 6.45) is 2.16. The molecule has 2 amide bonds. The van der Waals surface area contributed by atoms with Crippen LogP contribution >= 0.6 is 0 Å². The number of carbonyl (C=O) groups excluding carboxylic acids is 1. The molecule has 4 rings (SSSR count). The number of hydrogen-bond acceptors (Lipinski definition) is 4. The molecule has 8 nitrogen and oxygen atoms in total. The van der Waals surface area contributed by atoms with Crippen LogP contribution in [0.1, 0.15) is 41.1 Å². The summed E-state index contributed by atoms with van der Waals surface area (Å²) in [5, 5.41) is 17.3. The summed E-state index contributed by atoms with van der Waals surface area (Å²) in [6, 6.07) is 12.8. The van der Waals surface area contributed by atoms with Crippen molar-refractivity contribution in [3.05, 3.63) is 59.7 Å². The molecule has 2 saturated carbocycles. The molecule has 2 aliphatic rings. The van der Waals surface area contributed by atoms with Crippen LogP contribution in [-0.4, -0.2) is 43.0 Å². The second-order valence-electron chi connectivity index (χ2n) is 7.94. The van der Waals surface area contributed by atoms with Crippen molar-refractivity contribution in [2.45, 2.75) is 36.1 Å². The van der Waals surface area contributed by atoms with Crippen molar-refractivity contribution in [1.82, 2.24) is 4.90 Å². The summed E-state index contributed by atoms with van der Waals surface area (Å²) in [5.74, 6) is 0.239. The molecule has 0 radical (unpaired) electrons. The minimum atomic E-state index is -3.89. The fourth-order valence-electron chi connectivity index (χ4n) is 3.65. The fourth-order valence-corrected chi connectivity index (χ4v) is 4.21. The van der Waals surface area contributed by atoms with Gasteiger partial charge in [-0.25, -0.2) is 18.4 Å². The molecule has 2 aliphatic carbocycles. The van der Waals surface area contributed by atoms with Gasteiger partial charge in [-0.15, -0.1) is 0 Å². The standard InChI is InChI=1S/C21H23N3O5S/c22-30(28,29)17-3-1-2-15(10-17)20(25)23-16-8-6-14(7-9-16)18-11-19(18)24(21(26)27)12-13-4-5-13/h1-3,6-10,13,18-19H,4-5,11-12H2,(H,23,25)(H,26,27)(H2,22,28,29). The molecule has 9 heteroatoms. The first-order valence-corrected chi connectivity index (χ1v) is 11.3. The van der Waals surface area contributed by atoms with Crippen molar-refractivity contribution in [2.24, 2.45) is 11.1 Å². The molecular formula is C21H23N3O5S. The monoisotopic (exact) mass is 429 g/mol. The van der Waals surface area contributed by atoms with Gasteiger partial charge in [0.1, 0.15) is 0 Å². The minimum Gasteiger partial charge on any atom is -0.465 e. The van der Waals surface area contributed by atoms with Gasteiger partial charge < -0.3 is 15.3 Å². The average molecular weight is 429 g/mol. The first-order chi connectivity index (χ1) is 14.2. The molecule has 2 fully saturated rings. The maximum atomic E-state index is 12.4. The van der Waals surface area contributed by atoms with Gasteiger partial charge in [0, 0.05) is 29.8 Å². The lowest BCUT2D eigenvalue weighted by Gasteiger charge is -2.19. The predicted octanol–water partition coefficient (Wildman–Crippen LogP) is 2.83. The van der Waals surface area contributed by atoms with Crippen molar-refractivity contribution in [2.75, 3.05) is 11.9 Å². The molecule has 0 heterocycles. The van der Waals surface area contributed by atoms with Gasteiger partial charge >= 0.3 is 6.09 Å². The normalized spacial score (nSPS) is 20.4. The van der Waals surface area contributed by atoms with Crippen molar-refractivity contribution in [1.29, 1.82) is 0 Å². The van der Waals surface area contributed by atoms with Gasteiger partial charge in [0.05, 0.1) is 4.90 Å². The highest BCUT2D eigenvalue weighted by molar-refractivity contribution is 7.89. The molecule has 2 aromatic rings. The second-order valence-corrected chi connectivity index (χ2v) is 9.50. The van der Waals surface area contributed by atoms with Crippen LogP contribution in [-0.2, 0) is 10.0 Å². The largest absolute Gasteiger partial charge is 0.465 e. The van der Waals surface area contributed by atoms with Crippen LogP contribution in [0.25, 0.3) is 0 Å². The number of nitrogens with zero attached hydrogens (tertiary/aromatic N) is 1. The quantitative estimate of drug-likeness (QED) is 0.623. The Morgan fingerprint density at radius 3 is 2.43 bits per heavy atom. The Bertz CT molecular complexity index is 1080. The third kappa shape index (κ3) is 4.63. The molecule has 2 atom stereocenters. The minimum absolute atomic E-state index is 0.0180. The number of primary sulfonamides is 1. The molecule has 2 aromatic carbocycles. The number of nitrogens with one attached hydrogen (secondary N) is 1. The maximum absolute atomic E-state index is 12.4. The number of hydrogen-bond donors (Lipinski definition) is 3. The zero-order valence-corrected chi connectivity index (χ0v) is 17.0. The number of carboxylic acid groups (broad SMARTS) is 1. The number of carbonyl (C=O) groups is 2. The average Bonchev–Trinajstić information content (AvgIpc) is 3.60. The highest BCUT2D eigenvalue weighted by Gasteiger charge is 2.46. The Hall–Kier alpha value is -2.91. The van der Waals surface area contributed by atoms with Crippen molar-refractivity contribution < 1.29 is 23.1 Å². The lowest BCUT2D eigenvalue weighted by Crippen LogP contribution is -2.34. The van der Waals surface area contributed by atoms with E-state index in [2.05, 4.69) is 5.32 Å². The summed E-state index contributed by atoms with van der Waals surface area (Å²) in [5.41, 5.74) is 1.79. The van der Waals surface area contributed by atoms with E-state index in [1.807, 2.05) is 12.1 Å². The van der Waals surface area contributed by atoms with Crippen molar-refractivity contribution in [3.63, 3.8) is 0 Å². The van der Waals surface area contributed by atoms with Gasteiger partial charge in [-0.2, -0.15) is 0 Å². The molecule has 2 unspecified atom stereocenters. The smallest absolute Gasteiger partial charge is 0.407 e. The van der Waals surface area contributed by atoms with Gasteiger partial charge in [0.25, 0.3) is 5.91 Å². The van der Waals surface area contributed by atoms with Gasteiger partial charge in [0.15, 0.2) is 0 Å². The summed E-state index contributed by atoms with van der Waals surface area (Å²) in [6.45, 7) is 0.613. The topological polar surface area (TPSA) is 130 Å².